The molecule has 2 aliphatic heterocycles. The topological polar surface area (TPSA) is 108 Å². The van der Waals surface area contributed by atoms with Gasteiger partial charge >= 0.3 is 0 Å². The number of nitrogens with zero attached hydrogens (tertiary/aromatic N) is 2. The highest BCUT2D eigenvalue weighted by Crippen LogP contribution is 2.37. The van der Waals surface area contributed by atoms with Gasteiger partial charge in [0.05, 0.1) is 0 Å². The molecular weight excluding hydrogens is 410 g/mol. The molecule has 1 saturated heterocycles. The molecule has 5 rings (SSSR count). The average Bonchev–Trinajstić information content (AvgIpc) is 3.47. The lowest BCUT2D eigenvalue weighted by Gasteiger charge is -2.35. The van der Waals surface area contributed by atoms with Crippen LogP contribution in [0.5, 0.6) is 11.5 Å². The van der Waals surface area contributed by atoms with E-state index in [1.807, 2.05) is 30.3 Å². The maximum Gasteiger partial charge on any atom is 0.254 e. The molecule has 0 spiro atoms. The number of primary amides is 1. The summed E-state index contributed by atoms with van der Waals surface area (Å²) in [5, 5.41) is 4.13. The molecule has 8 nitrogen and oxygen atoms in total. The third kappa shape index (κ3) is 3.47. The zero-order chi connectivity index (χ0) is 22.1. The van der Waals surface area contributed by atoms with Crippen LogP contribution in [0.1, 0.15) is 29.0 Å². The number of aromatic nitrogens is 1. The molecule has 1 atom stereocenters. The molecule has 32 heavy (non-hydrogen) atoms. The second kappa shape index (κ2) is 8.03. The number of carbonyl (C=O) groups excluding carboxylic acids is 2. The minimum Gasteiger partial charge on any atom is -0.486 e. The number of hydrogen-bond acceptors (Lipinski definition) is 6. The van der Waals surface area contributed by atoms with Crippen molar-refractivity contribution in [2.45, 2.75) is 24.8 Å². The van der Waals surface area contributed by atoms with Crippen molar-refractivity contribution in [2.24, 2.45) is 5.73 Å². The van der Waals surface area contributed by atoms with Crippen molar-refractivity contribution >= 4 is 11.8 Å². The molecule has 2 N–H and O–H groups in total. The van der Waals surface area contributed by atoms with Crippen LogP contribution < -0.4 is 15.2 Å². The van der Waals surface area contributed by atoms with Gasteiger partial charge in [0.2, 0.25) is 5.91 Å². The molecule has 2 amide bonds. The monoisotopic (exact) mass is 433 g/mol. The van der Waals surface area contributed by atoms with Crippen LogP contribution in [0.2, 0.25) is 0 Å². The number of benzene rings is 2. The Labute approximate surface area is 184 Å². The Balaban J connectivity index is 1.43. The SMILES string of the molecule is NC(=O)[C@]1(Cc2cc(-c3ccccc3)no2)CCCN1C(=O)c1ccc2c(c1)OCCO2. The van der Waals surface area contributed by atoms with E-state index in [-0.39, 0.29) is 12.3 Å². The van der Waals surface area contributed by atoms with E-state index in [0.29, 0.717) is 61.1 Å². The summed E-state index contributed by atoms with van der Waals surface area (Å²) < 4.78 is 16.7. The van der Waals surface area contributed by atoms with Crippen molar-refractivity contribution in [3.05, 3.63) is 65.9 Å². The fourth-order valence-electron chi connectivity index (χ4n) is 4.46. The summed E-state index contributed by atoms with van der Waals surface area (Å²) in [6.45, 7) is 1.32. The van der Waals surface area contributed by atoms with E-state index in [9.17, 15) is 9.59 Å². The molecular formula is C24H23N3O5. The lowest BCUT2D eigenvalue weighted by atomic mass is 9.89. The maximum absolute atomic E-state index is 13.4. The van der Waals surface area contributed by atoms with Crippen LogP contribution in [0.15, 0.2) is 59.1 Å². The van der Waals surface area contributed by atoms with E-state index in [2.05, 4.69) is 5.16 Å². The normalized spacial score (nSPS) is 19.7. The standard InChI is InChI=1S/C24H23N3O5/c25-23(29)24(15-18-14-19(26-32-18)16-5-2-1-3-6-16)9-4-10-27(24)22(28)17-7-8-20-21(13-17)31-12-11-30-20/h1-3,5-8,13-14H,4,9-12,15H2,(H2,25,29)/t24-/m1/s1. The third-order valence-corrected chi connectivity index (χ3v) is 6.08. The second-order valence-corrected chi connectivity index (χ2v) is 8.04. The van der Waals surface area contributed by atoms with E-state index < -0.39 is 11.4 Å². The first-order chi connectivity index (χ1) is 15.6. The van der Waals surface area contributed by atoms with Gasteiger partial charge in [0, 0.05) is 30.2 Å². The first-order valence-electron chi connectivity index (χ1n) is 10.6. The predicted octanol–water partition coefficient (Wildman–Crippen LogP) is 2.82. The van der Waals surface area contributed by atoms with Crippen molar-refractivity contribution in [2.75, 3.05) is 19.8 Å². The molecule has 0 saturated carbocycles. The summed E-state index contributed by atoms with van der Waals surface area (Å²) in [6.07, 6.45) is 1.29. The summed E-state index contributed by atoms with van der Waals surface area (Å²) in [7, 11) is 0. The van der Waals surface area contributed by atoms with Crippen LogP contribution >= 0.6 is 0 Å². The highest BCUT2D eigenvalue weighted by Gasteiger charge is 2.49. The Morgan fingerprint density at radius 2 is 1.81 bits per heavy atom. The Morgan fingerprint density at radius 1 is 1.03 bits per heavy atom. The summed E-state index contributed by atoms with van der Waals surface area (Å²) in [6, 6.07) is 16.5. The molecule has 3 heterocycles. The Morgan fingerprint density at radius 3 is 2.59 bits per heavy atom. The molecule has 0 radical (unpaired) electrons. The van der Waals surface area contributed by atoms with Gasteiger partial charge in [0.25, 0.3) is 5.91 Å². The predicted molar refractivity (Wildman–Crippen MR) is 115 cm³/mol. The largest absolute Gasteiger partial charge is 0.486 e. The summed E-state index contributed by atoms with van der Waals surface area (Å²) in [5.41, 5.74) is 6.69. The lowest BCUT2D eigenvalue weighted by Crippen LogP contribution is -2.57. The number of ether oxygens (including phenoxy) is 2. The van der Waals surface area contributed by atoms with Gasteiger partial charge in [0.1, 0.15) is 30.2 Å². The maximum atomic E-state index is 13.4. The van der Waals surface area contributed by atoms with Crippen LogP contribution in [0.25, 0.3) is 11.3 Å². The quantitative estimate of drug-likeness (QED) is 0.663. The van der Waals surface area contributed by atoms with E-state index in [1.165, 1.54) is 0 Å². The van der Waals surface area contributed by atoms with Crippen LogP contribution in [0, 0.1) is 0 Å². The van der Waals surface area contributed by atoms with Crippen molar-refractivity contribution in [1.29, 1.82) is 0 Å². The molecule has 0 unspecified atom stereocenters. The Bertz CT molecular complexity index is 1160. The van der Waals surface area contributed by atoms with Crippen molar-refractivity contribution in [1.82, 2.24) is 10.1 Å². The van der Waals surface area contributed by atoms with Gasteiger partial charge < -0.3 is 24.6 Å². The van der Waals surface area contributed by atoms with E-state index in [1.54, 1.807) is 29.2 Å². The Hall–Kier alpha value is -3.81. The lowest BCUT2D eigenvalue weighted by molar-refractivity contribution is -0.127. The van der Waals surface area contributed by atoms with Crippen LogP contribution in [-0.2, 0) is 11.2 Å². The van der Waals surface area contributed by atoms with Gasteiger partial charge in [-0.05, 0) is 31.0 Å². The van der Waals surface area contributed by atoms with Crippen molar-refractivity contribution in [3.63, 3.8) is 0 Å². The van der Waals surface area contributed by atoms with Crippen molar-refractivity contribution < 1.29 is 23.6 Å². The highest BCUT2D eigenvalue weighted by molar-refractivity contribution is 6.00. The van der Waals surface area contributed by atoms with Gasteiger partial charge in [-0.2, -0.15) is 0 Å². The molecule has 1 fully saturated rings. The highest BCUT2D eigenvalue weighted by atomic mass is 16.6. The fraction of sp³-hybridized carbons (Fsp3) is 0.292. The van der Waals surface area contributed by atoms with Gasteiger partial charge in [0.15, 0.2) is 11.5 Å². The molecule has 2 aromatic carbocycles. The van der Waals surface area contributed by atoms with Gasteiger partial charge in [-0.25, -0.2) is 0 Å². The number of rotatable bonds is 5. The third-order valence-electron chi connectivity index (χ3n) is 6.08. The molecule has 3 aromatic rings. The van der Waals surface area contributed by atoms with E-state index in [0.717, 1.165) is 5.56 Å². The van der Waals surface area contributed by atoms with Gasteiger partial charge in [-0.3, -0.25) is 9.59 Å². The molecule has 1 aromatic heterocycles. The molecule has 8 heteroatoms. The molecule has 0 bridgehead atoms. The van der Waals surface area contributed by atoms with E-state index in [4.69, 9.17) is 19.7 Å². The van der Waals surface area contributed by atoms with Crippen LogP contribution in [0.4, 0.5) is 0 Å². The number of fused-ring (bicyclic) bond motifs is 1. The fourth-order valence-corrected chi connectivity index (χ4v) is 4.46. The smallest absolute Gasteiger partial charge is 0.254 e. The number of likely N-dealkylation sites (tertiary alicyclic amines) is 1. The van der Waals surface area contributed by atoms with Crippen LogP contribution in [0.3, 0.4) is 0 Å². The number of carbonyl (C=O) groups is 2. The Kier molecular flexibility index (Phi) is 5.05. The minimum absolute atomic E-state index is 0.165. The first kappa shape index (κ1) is 20.1. The number of amides is 2. The molecule has 0 aliphatic carbocycles. The molecule has 2 aliphatic rings. The number of hydrogen-bond donors (Lipinski definition) is 1. The summed E-state index contributed by atoms with van der Waals surface area (Å²) >= 11 is 0. The summed E-state index contributed by atoms with van der Waals surface area (Å²) in [4.78, 5) is 27.7. The average molecular weight is 433 g/mol. The van der Waals surface area contributed by atoms with Crippen molar-refractivity contribution in [3.8, 4) is 22.8 Å². The van der Waals surface area contributed by atoms with Crippen LogP contribution in [-0.4, -0.2) is 47.2 Å². The molecule has 164 valence electrons. The van der Waals surface area contributed by atoms with Gasteiger partial charge in [-0.15, -0.1) is 0 Å². The zero-order valence-corrected chi connectivity index (χ0v) is 17.5. The second-order valence-electron chi connectivity index (χ2n) is 8.04. The van der Waals surface area contributed by atoms with E-state index >= 15 is 0 Å². The van der Waals surface area contributed by atoms with Gasteiger partial charge in [-0.1, -0.05) is 35.5 Å². The number of nitrogens with two attached hydrogens (primary N) is 1. The zero-order valence-electron chi connectivity index (χ0n) is 17.5. The summed E-state index contributed by atoms with van der Waals surface area (Å²) in [5.74, 6) is 0.795. The minimum atomic E-state index is -1.18. The first-order valence-corrected chi connectivity index (χ1v) is 10.6.